The van der Waals surface area contributed by atoms with Gasteiger partial charge < -0.3 is 10.2 Å². The summed E-state index contributed by atoms with van der Waals surface area (Å²) >= 11 is 6.21. The monoisotopic (exact) mass is 600 g/mol. The number of amides is 2. The van der Waals surface area contributed by atoms with Crippen molar-refractivity contribution in [3.8, 4) is 0 Å². The summed E-state index contributed by atoms with van der Waals surface area (Å²) in [6.45, 7) is 3.07. The average molecular weight is 601 g/mol. The van der Waals surface area contributed by atoms with Gasteiger partial charge in [-0.05, 0) is 42.7 Å². The lowest BCUT2D eigenvalue weighted by atomic mass is 10.0. The van der Waals surface area contributed by atoms with Crippen LogP contribution in [0.1, 0.15) is 31.4 Å². The summed E-state index contributed by atoms with van der Waals surface area (Å²) in [5.41, 5.74) is 1.08. The van der Waals surface area contributed by atoms with Crippen molar-refractivity contribution in [3.05, 3.63) is 105 Å². The molecule has 10 nitrogen and oxygen atoms in total. The Kier molecular flexibility index (Phi) is 10.8. The van der Waals surface area contributed by atoms with Crippen molar-refractivity contribution >= 4 is 44.8 Å². The van der Waals surface area contributed by atoms with Crippen LogP contribution in [-0.4, -0.2) is 54.9 Å². The second-order valence-corrected chi connectivity index (χ2v) is 12.1. The highest BCUT2D eigenvalue weighted by Gasteiger charge is 2.33. The fraction of sp³-hybridized carbons (Fsp3) is 0.310. The van der Waals surface area contributed by atoms with Gasteiger partial charge in [0.2, 0.25) is 21.8 Å². The number of nitrogens with one attached hydrogen (secondary N) is 1. The lowest BCUT2D eigenvalue weighted by molar-refractivity contribution is -0.384. The van der Waals surface area contributed by atoms with Crippen molar-refractivity contribution in [1.82, 2.24) is 10.2 Å². The number of nitro groups is 1. The summed E-state index contributed by atoms with van der Waals surface area (Å²) in [5.74, 6) is -1.05. The van der Waals surface area contributed by atoms with Gasteiger partial charge in [0.15, 0.2) is 0 Å². The van der Waals surface area contributed by atoms with Gasteiger partial charge in [-0.2, -0.15) is 0 Å². The molecule has 3 aromatic rings. The van der Waals surface area contributed by atoms with E-state index in [1.807, 2.05) is 44.2 Å². The van der Waals surface area contributed by atoms with Gasteiger partial charge in [0.1, 0.15) is 12.6 Å². The zero-order valence-electron chi connectivity index (χ0n) is 23.1. The summed E-state index contributed by atoms with van der Waals surface area (Å²) in [5, 5.41) is 14.7. The van der Waals surface area contributed by atoms with Crippen molar-refractivity contribution < 1.29 is 22.9 Å². The molecule has 0 aliphatic carbocycles. The summed E-state index contributed by atoms with van der Waals surface area (Å²) in [6, 6.07) is 19.9. The molecule has 0 heterocycles. The lowest BCUT2D eigenvalue weighted by Crippen LogP contribution is -2.54. The molecule has 0 spiro atoms. The maximum Gasteiger partial charge on any atom is 0.271 e. The molecule has 12 heteroatoms. The second kappa shape index (κ2) is 14.1. The van der Waals surface area contributed by atoms with E-state index in [0.717, 1.165) is 22.2 Å². The predicted octanol–water partition coefficient (Wildman–Crippen LogP) is 4.57. The highest BCUT2D eigenvalue weighted by molar-refractivity contribution is 7.92. The van der Waals surface area contributed by atoms with Crippen LogP contribution in [0.25, 0.3) is 0 Å². The molecule has 3 aromatic carbocycles. The van der Waals surface area contributed by atoms with E-state index >= 15 is 0 Å². The number of anilines is 1. The van der Waals surface area contributed by atoms with Gasteiger partial charge in [-0.3, -0.25) is 24.0 Å². The maximum absolute atomic E-state index is 14.0. The fourth-order valence-electron chi connectivity index (χ4n) is 4.20. The number of hydrogen-bond acceptors (Lipinski definition) is 6. The summed E-state index contributed by atoms with van der Waals surface area (Å²) in [4.78, 5) is 39.7. The number of rotatable bonds is 13. The molecule has 0 aliphatic heterocycles. The molecule has 0 saturated heterocycles. The molecular weight excluding hydrogens is 568 g/mol. The quantitative estimate of drug-likeness (QED) is 0.226. The normalized spacial score (nSPS) is 12.7. The SMILES string of the molecule is CC[C@H](C)NC(=O)[C@H](Cc1ccccc1)N(Cc1cccc(Cl)c1)C(=O)CN(c1cccc([N+](=O)[O-])c1)S(C)(=O)=O. The van der Waals surface area contributed by atoms with Crippen molar-refractivity contribution in [2.75, 3.05) is 17.1 Å². The van der Waals surface area contributed by atoms with E-state index in [4.69, 9.17) is 11.6 Å². The average Bonchev–Trinajstić information content (AvgIpc) is 2.93. The molecule has 0 fully saturated rings. The number of carbonyl (C=O) groups excluding carboxylic acids is 2. The van der Waals surface area contributed by atoms with Crippen LogP contribution in [0.2, 0.25) is 5.02 Å². The molecule has 0 bridgehead atoms. The predicted molar refractivity (Wildman–Crippen MR) is 159 cm³/mol. The molecular formula is C29H33ClN4O6S. The molecule has 41 heavy (non-hydrogen) atoms. The Hall–Kier alpha value is -3.96. The Labute approximate surface area is 245 Å². The molecule has 2 amide bonds. The first-order valence-electron chi connectivity index (χ1n) is 13.0. The molecule has 218 valence electrons. The highest BCUT2D eigenvalue weighted by atomic mass is 35.5. The van der Waals surface area contributed by atoms with Crippen LogP contribution in [0.3, 0.4) is 0 Å². The van der Waals surface area contributed by atoms with Crippen LogP contribution in [0.15, 0.2) is 78.9 Å². The standard InChI is InChI=1S/C29H33ClN4O6S/c1-4-21(2)31-29(36)27(17-22-10-6-5-7-11-22)32(19-23-12-8-13-24(30)16-23)28(35)20-33(41(3,39)40)25-14-9-15-26(18-25)34(37)38/h5-16,18,21,27H,4,17,19-20H2,1-3H3,(H,31,36)/t21-,27-/m0/s1. The third-order valence-electron chi connectivity index (χ3n) is 6.52. The number of carbonyl (C=O) groups is 2. The smallest absolute Gasteiger partial charge is 0.271 e. The van der Waals surface area contributed by atoms with Gasteiger partial charge in [0, 0.05) is 36.2 Å². The van der Waals surface area contributed by atoms with Crippen LogP contribution in [0, 0.1) is 10.1 Å². The van der Waals surface area contributed by atoms with Crippen LogP contribution < -0.4 is 9.62 Å². The van der Waals surface area contributed by atoms with Crippen LogP contribution >= 0.6 is 11.6 Å². The lowest BCUT2D eigenvalue weighted by Gasteiger charge is -2.34. The highest BCUT2D eigenvalue weighted by Crippen LogP contribution is 2.24. The van der Waals surface area contributed by atoms with E-state index in [1.54, 1.807) is 24.3 Å². The fourth-order valence-corrected chi connectivity index (χ4v) is 5.26. The van der Waals surface area contributed by atoms with Crippen LogP contribution in [0.5, 0.6) is 0 Å². The summed E-state index contributed by atoms with van der Waals surface area (Å²) in [7, 11) is -4.05. The number of hydrogen-bond donors (Lipinski definition) is 1. The van der Waals surface area contributed by atoms with Crippen molar-refractivity contribution in [2.24, 2.45) is 0 Å². The van der Waals surface area contributed by atoms with Gasteiger partial charge in [-0.25, -0.2) is 8.42 Å². The van der Waals surface area contributed by atoms with Gasteiger partial charge in [0.05, 0.1) is 16.9 Å². The number of sulfonamides is 1. The molecule has 0 saturated carbocycles. The first kappa shape index (κ1) is 31.6. The molecule has 0 radical (unpaired) electrons. The van der Waals surface area contributed by atoms with Crippen molar-refractivity contribution in [3.63, 3.8) is 0 Å². The first-order chi connectivity index (χ1) is 19.4. The number of halogens is 1. The largest absolute Gasteiger partial charge is 0.352 e. The molecule has 0 aliphatic rings. The minimum atomic E-state index is -4.05. The van der Waals surface area contributed by atoms with E-state index in [1.165, 1.54) is 23.1 Å². The van der Waals surface area contributed by atoms with E-state index in [2.05, 4.69) is 5.32 Å². The molecule has 2 atom stereocenters. The summed E-state index contributed by atoms with van der Waals surface area (Å²) in [6.07, 6.45) is 1.75. The number of nitro benzene ring substituents is 1. The van der Waals surface area contributed by atoms with Crippen LogP contribution in [-0.2, 0) is 32.6 Å². The van der Waals surface area contributed by atoms with E-state index < -0.39 is 33.4 Å². The Morgan fingerprint density at radius 2 is 1.66 bits per heavy atom. The Balaban J connectivity index is 2.08. The molecule has 3 rings (SSSR count). The number of nitrogens with zero attached hydrogens (tertiary/aromatic N) is 3. The van der Waals surface area contributed by atoms with E-state index in [-0.39, 0.29) is 36.3 Å². The Morgan fingerprint density at radius 1 is 1.00 bits per heavy atom. The Bertz CT molecular complexity index is 1490. The number of benzene rings is 3. The van der Waals surface area contributed by atoms with Crippen molar-refractivity contribution in [2.45, 2.75) is 45.3 Å². The van der Waals surface area contributed by atoms with Gasteiger partial charge >= 0.3 is 0 Å². The maximum atomic E-state index is 14.0. The zero-order chi connectivity index (χ0) is 30.2. The van der Waals surface area contributed by atoms with Gasteiger partial charge in [-0.15, -0.1) is 0 Å². The van der Waals surface area contributed by atoms with Gasteiger partial charge in [-0.1, -0.05) is 67.1 Å². The van der Waals surface area contributed by atoms with Crippen LogP contribution in [0.4, 0.5) is 11.4 Å². The van der Waals surface area contributed by atoms with Gasteiger partial charge in [0.25, 0.3) is 5.69 Å². The first-order valence-corrected chi connectivity index (χ1v) is 15.2. The van der Waals surface area contributed by atoms with E-state index in [9.17, 15) is 28.1 Å². The molecule has 0 unspecified atom stereocenters. The second-order valence-electron chi connectivity index (χ2n) is 9.72. The summed E-state index contributed by atoms with van der Waals surface area (Å²) < 4.78 is 26.5. The zero-order valence-corrected chi connectivity index (χ0v) is 24.6. The molecule has 1 N–H and O–H groups in total. The molecule has 0 aromatic heterocycles. The third-order valence-corrected chi connectivity index (χ3v) is 7.90. The topological polar surface area (TPSA) is 130 Å². The minimum absolute atomic E-state index is 0.0304. The number of non-ortho nitro benzene ring substituents is 1. The van der Waals surface area contributed by atoms with E-state index in [0.29, 0.717) is 17.0 Å². The minimum Gasteiger partial charge on any atom is -0.352 e. The van der Waals surface area contributed by atoms with Crippen molar-refractivity contribution in [1.29, 1.82) is 0 Å². The third kappa shape index (κ3) is 9.02. The Morgan fingerprint density at radius 3 is 2.27 bits per heavy atom.